The van der Waals surface area contributed by atoms with Crippen molar-refractivity contribution in [2.45, 2.75) is 36.6 Å². The van der Waals surface area contributed by atoms with Crippen LogP contribution in [-0.2, 0) is 21.2 Å². The number of aryl methyl sites for hydroxylation is 1. The summed E-state index contributed by atoms with van der Waals surface area (Å²) in [6, 6.07) is 18.0. The molecule has 0 amide bonds. The van der Waals surface area contributed by atoms with Crippen molar-refractivity contribution >= 4 is 27.4 Å². The number of para-hydroxylation sites is 1. The van der Waals surface area contributed by atoms with Crippen LogP contribution in [0.2, 0.25) is 0 Å². The second-order valence-electron chi connectivity index (χ2n) is 11.7. The van der Waals surface area contributed by atoms with Crippen molar-refractivity contribution in [1.29, 1.82) is 0 Å². The highest BCUT2D eigenvalue weighted by Crippen LogP contribution is 2.36. The van der Waals surface area contributed by atoms with Crippen molar-refractivity contribution in [1.82, 2.24) is 14.3 Å². The third kappa shape index (κ3) is 6.37. The van der Waals surface area contributed by atoms with Gasteiger partial charge in [0.1, 0.15) is 11.6 Å². The lowest BCUT2D eigenvalue weighted by atomic mass is 10.0. The number of sulfonamides is 1. The molecule has 3 aromatic carbocycles. The Bertz CT molecular complexity index is 1900. The van der Waals surface area contributed by atoms with Gasteiger partial charge in [-0.1, -0.05) is 12.1 Å². The Balaban J connectivity index is 1.11. The molecule has 7 rings (SSSR count). The van der Waals surface area contributed by atoms with Crippen molar-refractivity contribution in [3.63, 3.8) is 0 Å². The molecule has 244 valence electrons. The van der Waals surface area contributed by atoms with E-state index in [1.54, 1.807) is 12.1 Å². The standard InChI is InChI=1S/C34H33F2N5O5S/c35-24-8-11-26(12-9-24)47(43,44)41-15-3-6-30(41)31(42)13-10-25-21-28(23-7-14-32-33(20-23)46-22-45-32)38-34(37-25)40-18-16-39(17-19-40)29-5-2-1-4-27(29)36/h1-2,4-5,7-9,11-12,14,20-21,30H,3,6,10,13,15-19,22H2/t30-/m0/s1. The van der Waals surface area contributed by atoms with Gasteiger partial charge in [0.05, 0.1) is 22.3 Å². The highest BCUT2D eigenvalue weighted by molar-refractivity contribution is 7.89. The summed E-state index contributed by atoms with van der Waals surface area (Å²) in [5, 5.41) is 0. The van der Waals surface area contributed by atoms with Crippen molar-refractivity contribution in [3.8, 4) is 22.8 Å². The number of hydrogen-bond donors (Lipinski definition) is 0. The Morgan fingerprint density at radius 3 is 2.38 bits per heavy atom. The molecule has 47 heavy (non-hydrogen) atoms. The summed E-state index contributed by atoms with van der Waals surface area (Å²) in [6.45, 7) is 2.65. The first-order valence-electron chi connectivity index (χ1n) is 15.6. The summed E-state index contributed by atoms with van der Waals surface area (Å²) < 4.78 is 66.9. The number of anilines is 2. The monoisotopic (exact) mass is 661 g/mol. The van der Waals surface area contributed by atoms with Gasteiger partial charge in [-0.25, -0.2) is 27.2 Å². The zero-order chi connectivity index (χ0) is 32.5. The van der Waals surface area contributed by atoms with Crippen molar-refractivity contribution < 1.29 is 31.5 Å². The minimum atomic E-state index is -3.97. The molecule has 1 atom stereocenters. The Kier molecular flexibility index (Phi) is 8.50. The Hall–Kier alpha value is -4.62. The Labute approximate surface area is 271 Å². The van der Waals surface area contributed by atoms with Crippen LogP contribution in [0.5, 0.6) is 11.5 Å². The van der Waals surface area contributed by atoms with Crippen molar-refractivity contribution in [2.75, 3.05) is 49.3 Å². The third-order valence-electron chi connectivity index (χ3n) is 8.81. The zero-order valence-corrected chi connectivity index (χ0v) is 26.3. The number of nitrogens with zero attached hydrogens (tertiary/aromatic N) is 5. The van der Waals surface area contributed by atoms with E-state index in [1.807, 2.05) is 40.1 Å². The van der Waals surface area contributed by atoms with E-state index in [-0.39, 0.29) is 42.7 Å². The average Bonchev–Trinajstić information content (AvgIpc) is 3.78. The van der Waals surface area contributed by atoms with Crippen LogP contribution in [0.1, 0.15) is 25.0 Å². The van der Waals surface area contributed by atoms with E-state index in [1.165, 1.54) is 22.5 Å². The van der Waals surface area contributed by atoms with E-state index >= 15 is 0 Å². The molecular weight excluding hydrogens is 628 g/mol. The number of ketones is 1. The SMILES string of the molecule is O=C(CCc1cc(-c2ccc3c(c2)OCO3)nc(N2CCN(c3ccccc3F)CC2)n1)[C@@H]1CCCN1S(=O)(=O)c1ccc(F)cc1. The molecule has 4 heterocycles. The number of Topliss-reactive ketones (excluding diaryl/α,β-unsaturated/α-hetero) is 1. The maximum Gasteiger partial charge on any atom is 0.243 e. The number of aromatic nitrogens is 2. The van der Waals surface area contributed by atoms with Gasteiger partial charge in [-0.05, 0) is 79.9 Å². The fourth-order valence-electron chi connectivity index (χ4n) is 6.32. The van der Waals surface area contributed by atoms with Crippen LogP contribution in [0, 0.1) is 11.6 Å². The van der Waals surface area contributed by atoms with E-state index in [4.69, 9.17) is 19.4 Å². The van der Waals surface area contributed by atoms with Gasteiger partial charge in [0.15, 0.2) is 17.3 Å². The summed E-state index contributed by atoms with van der Waals surface area (Å²) in [6.07, 6.45) is 1.34. The molecule has 0 unspecified atom stereocenters. The van der Waals surface area contributed by atoms with Crippen LogP contribution < -0.4 is 19.3 Å². The van der Waals surface area contributed by atoms with E-state index < -0.39 is 21.9 Å². The third-order valence-corrected chi connectivity index (χ3v) is 10.7. The van der Waals surface area contributed by atoms with Gasteiger partial charge in [0.25, 0.3) is 0 Å². The zero-order valence-electron chi connectivity index (χ0n) is 25.5. The Morgan fingerprint density at radius 2 is 1.60 bits per heavy atom. The molecule has 0 bridgehead atoms. The smallest absolute Gasteiger partial charge is 0.243 e. The van der Waals surface area contributed by atoms with Crippen LogP contribution in [-0.4, -0.2) is 74.0 Å². The van der Waals surface area contributed by atoms with Crippen molar-refractivity contribution in [3.05, 3.63) is 90.1 Å². The molecule has 3 aliphatic rings. The number of carbonyl (C=O) groups is 1. The summed E-state index contributed by atoms with van der Waals surface area (Å²) in [5.74, 6) is 0.764. The van der Waals surface area contributed by atoms with Gasteiger partial charge in [-0.15, -0.1) is 0 Å². The number of hydrogen-bond acceptors (Lipinski definition) is 9. The number of ether oxygens (including phenoxy) is 2. The molecule has 10 nitrogen and oxygen atoms in total. The van der Waals surface area contributed by atoms with Crippen LogP contribution >= 0.6 is 0 Å². The molecule has 3 aliphatic heterocycles. The fourth-order valence-corrected chi connectivity index (χ4v) is 8.00. The molecular formula is C34H33F2N5O5S. The van der Waals surface area contributed by atoms with Gasteiger partial charge in [-0.2, -0.15) is 4.31 Å². The van der Waals surface area contributed by atoms with Gasteiger partial charge < -0.3 is 19.3 Å². The maximum absolute atomic E-state index is 14.5. The minimum Gasteiger partial charge on any atom is -0.454 e. The maximum atomic E-state index is 14.5. The molecule has 2 saturated heterocycles. The highest BCUT2D eigenvalue weighted by atomic mass is 32.2. The lowest BCUT2D eigenvalue weighted by molar-refractivity contribution is -0.122. The summed E-state index contributed by atoms with van der Waals surface area (Å²) in [5.41, 5.74) is 2.64. The number of rotatable bonds is 9. The number of piperazine rings is 1. The topological polar surface area (TPSA) is 105 Å². The molecule has 0 radical (unpaired) electrons. The Morgan fingerprint density at radius 1 is 0.851 bits per heavy atom. The molecule has 0 aliphatic carbocycles. The minimum absolute atomic E-state index is 0.0393. The summed E-state index contributed by atoms with van der Waals surface area (Å²) in [7, 11) is -3.97. The average molecular weight is 662 g/mol. The first kappa shape index (κ1) is 31.0. The molecule has 0 saturated carbocycles. The van der Waals surface area contributed by atoms with Crippen molar-refractivity contribution in [2.24, 2.45) is 0 Å². The van der Waals surface area contributed by atoms with Crippen LogP contribution in [0.15, 0.2) is 77.7 Å². The van der Waals surface area contributed by atoms with Crippen LogP contribution in [0.4, 0.5) is 20.4 Å². The number of halogens is 2. The number of fused-ring (bicyclic) bond motifs is 1. The molecule has 0 spiro atoms. The van der Waals surface area contributed by atoms with Gasteiger partial charge in [0.2, 0.25) is 22.8 Å². The number of benzene rings is 3. The van der Waals surface area contributed by atoms with Crippen LogP contribution in [0.25, 0.3) is 11.3 Å². The molecule has 4 aromatic rings. The quantitative estimate of drug-likeness (QED) is 0.250. The summed E-state index contributed by atoms with van der Waals surface area (Å²) >= 11 is 0. The highest BCUT2D eigenvalue weighted by Gasteiger charge is 2.39. The molecule has 1 aromatic heterocycles. The van der Waals surface area contributed by atoms with E-state index in [2.05, 4.69) is 0 Å². The van der Waals surface area contributed by atoms with Crippen LogP contribution in [0.3, 0.4) is 0 Å². The second-order valence-corrected chi connectivity index (χ2v) is 13.6. The van der Waals surface area contributed by atoms with Gasteiger partial charge in [0, 0.05) is 50.4 Å². The van der Waals surface area contributed by atoms with Gasteiger partial charge >= 0.3 is 0 Å². The summed E-state index contributed by atoms with van der Waals surface area (Å²) in [4.78, 5) is 27.3. The molecule has 13 heteroatoms. The predicted molar refractivity (Wildman–Crippen MR) is 171 cm³/mol. The van der Waals surface area contributed by atoms with E-state index in [9.17, 15) is 22.0 Å². The predicted octanol–water partition coefficient (Wildman–Crippen LogP) is 4.83. The lowest BCUT2D eigenvalue weighted by Gasteiger charge is -2.36. The normalized spacial score (nSPS) is 18.1. The van der Waals surface area contributed by atoms with Gasteiger partial charge in [-0.3, -0.25) is 4.79 Å². The first-order valence-corrected chi connectivity index (χ1v) is 17.0. The second kappa shape index (κ2) is 12.9. The van der Waals surface area contributed by atoms with E-state index in [0.717, 1.165) is 17.7 Å². The lowest BCUT2D eigenvalue weighted by Crippen LogP contribution is -2.47. The largest absolute Gasteiger partial charge is 0.454 e. The first-order chi connectivity index (χ1) is 22.8. The number of carbonyl (C=O) groups excluding carboxylic acids is 1. The fraction of sp³-hybridized carbons (Fsp3) is 0.324. The molecule has 2 fully saturated rings. The van der Waals surface area contributed by atoms with E-state index in [0.29, 0.717) is 73.5 Å². The molecule has 0 N–H and O–H groups in total.